The predicted molar refractivity (Wildman–Crippen MR) is 95.0 cm³/mol. The monoisotopic (exact) mass is 418 g/mol. The molecule has 2 rings (SSSR count). The third-order valence-electron chi connectivity index (χ3n) is 3.32. The van der Waals surface area contributed by atoms with Gasteiger partial charge in [-0.1, -0.05) is 23.2 Å². The van der Waals surface area contributed by atoms with Crippen molar-refractivity contribution in [3.8, 4) is 0 Å². The van der Waals surface area contributed by atoms with Gasteiger partial charge in [0, 0.05) is 22.2 Å². The number of halogens is 2. The van der Waals surface area contributed by atoms with Gasteiger partial charge in [-0.05, 0) is 42.3 Å². The number of aliphatic carboxylic acids is 1. The quantitative estimate of drug-likeness (QED) is 0.525. The average molecular weight is 419 g/mol. The first kappa shape index (κ1) is 20.1. The fourth-order valence-corrected chi connectivity index (χ4v) is 3.91. The van der Waals surface area contributed by atoms with Gasteiger partial charge < -0.3 is 5.11 Å². The third-order valence-corrected chi connectivity index (χ3v) is 5.24. The second-order valence-corrected chi connectivity index (χ2v) is 7.83. The van der Waals surface area contributed by atoms with Crippen LogP contribution in [0.15, 0.2) is 47.4 Å². The van der Waals surface area contributed by atoms with E-state index in [1.165, 1.54) is 18.2 Å². The zero-order chi connectivity index (χ0) is 19.5. The lowest BCUT2D eigenvalue weighted by Gasteiger charge is -2.15. The maximum Gasteiger partial charge on any atom is 0.322 e. The highest BCUT2D eigenvalue weighted by Crippen LogP contribution is 2.21. The number of nitro benzene ring substituents is 1. The highest BCUT2D eigenvalue weighted by atomic mass is 35.5. The van der Waals surface area contributed by atoms with Crippen LogP contribution in [0.2, 0.25) is 10.0 Å². The normalized spacial score (nSPS) is 12.5. The predicted octanol–water partition coefficient (Wildman–Crippen LogP) is 2.88. The Bertz CT molecular complexity index is 927. The Morgan fingerprint density at radius 3 is 2.15 bits per heavy atom. The summed E-state index contributed by atoms with van der Waals surface area (Å²) in [5.74, 6) is -1.40. The first-order chi connectivity index (χ1) is 12.1. The zero-order valence-corrected chi connectivity index (χ0v) is 15.3. The van der Waals surface area contributed by atoms with E-state index in [1.807, 2.05) is 0 Å². The first-order valence-corrected chi connectivity index (χ1v) is 9.27. The molecule has 0 aliphatic heterocycles. The molecular weight excluding hydrogens is 407 g/mol. The molecule has 0 aliphatic carbocycles. The summed E-state index contributed by atoms with van der Waals surface area (Å²) in [5, 5.41) is 20.5. The van der Waals surface area contributed by atoms with E-state index in [9.17, 15) is 28.4 Å². The van der Waals surface area contributed by atoms with Crippen molar-refractivity contribution in [2.45, 2.75) is 17.4 Å². The van der Waals surface area contributed by atoms with E-state index in [2.05, 4.69) is 4.72 Å². The van der Waals surface area contributed by atoms with E-state index in [1.54, 1.807) is 0 Å². The molecule has 0 saturated heterocycles. The van der Waals surface area contributed by atoms with Gasteiger partial charge in [0.1, 0.15) is 6.04 Å². The number of nitrogens with one attached hydrogen (secondary N) is 1. The lowest BCUT2D eigenvalue weighted by molar-refractivity contribution is -0.384. The number of nitrogens with zero attached hydrogens (tertiary/aromatic N) is 1. The maximum atomic E-state index is 12.4. The van der Waals surface area contributed by atoms with Crippen molar-refractivity contribution in [1.29, 1.82) is 0 Å². The molecule has 0 aromatic heterocycles. The molecule has 0 heterocycles. The summed E-state index contributed by atoms with van der Waals surface area (Å²) < 4.78 is 26.8. The van der Waals surface area contributed by atoms with Gasteiger partial charge in [0.2, 0.25) is 10.0 Å². The number of sulfonamides is 1. The molecule has 0 aliphatic rings. The van der Waals surface area contributed by atoms with E-state index in [0.29, 0.717) is 5.56 Å². The molecule has 2 aromatic carbocycles. The number of hydrogen-bond donors (Lipinski definition) is 2. The SMILES string of the molecule is O=C(O)C(Cc1cc(Cl)cc(Cl)c1)NS(=O)(=O)c1ccc([N+](=O)[O-])cc1. The lowest BCUT2D eigenvalue weighted by Crippen LogP contribution is -2.42. The lowest BCUT2D eigenvalue weighted by atomic mass is 10.1. The molecule has 0 saturated carbocycles. The Balaban J connectivity index is 2.25. The molecule has 11 heteroatoms. The van der Waals surface area contributed by atoms with E-state index in [0.717, 1.165) is 24.3 Å². The van der Waals surface area contributed by atoms with Crippen LogP contribution in [0.3, 0.4) is 0 Å². The van der Waals surface area contributed by atoms with Crippen molar-refractivity contribution in [3.63, 3.8) is 0 Å². The number of carboxylic acid groups (broad SMARTS) is 1. The maximum absolute atomic E-state index is 12.4. The van der Waals surface area contributed by atoms with E-state index < -0.39 is 27.0 Å². The molecule has 0 bridgehead atoms. The highest BCUT2D eigenvalue weighted by Gasteiger charge is 2.26. The fraction of sp³-hybridized carbons (Fsp3) is 0.133. The average Bonchev–Trinajstić information content (AvgIpc) is 2.53. The van der Waals surface area contributed by atoms with E-state index in [4.69, 9.17) is 23.2 Å². The van der Waals surface area contributed by atoms with Gasteiger partial charge in [0.05, 0.1) is 9.82 Å². The standard InChI is InChI=1S/C15H12Cl2N2O6S/c16-10-5-9(6-11(17)8-10)7-14(15(20)21)18-26(24,25)13-3-1-12(2-4-13)19(22)23/h1-6,8,14,18H,7H2,(H,20,21). The Morgan fingerprint density at radius 2 is 1.69 bits per heavy atom. The molecule has 0 fully saturated rings. The summed E-state index contributed by atoms with van der Waals surface area (Å²) in [7, 11) is -4.21. The number of carbonyl (C=O) groups is 1. The molecule has 8 nitrogen and oxygen atoms in total. The van der Waals surface area contributed by atoms with Crippen molar-refractivity contribution in [2.24, 2.45) is 0 Å². The van der Waals surface area contributed by atoms with Gasteiger partial charge in [-0.3, -0.25) is 14.9 Å². The summed E-state index contributed by atoms with van der Waals surface area (Å²) in [6, 6.07) is 7.01. The van der Waals surface area contributed by atoms with E-state index in [-0.39, 0.29) is 27.0 Å². The minimum Gasteiger partial charge on any atom is -0.480 e. The molecule has 1 unspecified atom stereocenters. The zero-order valence-electron chi connectivity index (χ0n) is 12.9. The molecule has 0 radical (unpaired) electrons. The summed E-state index contributed by atoms with van der Waals surface area (Å²) in [6.07, 6.45) is -0.193. The first-order valence-electron chi connectivity index (χ1n) is 7.03. The molecule has 1 atom stereocenters. The fourth-order valence-electron chi connectivity index (χ4n) is 2.15. The van der Waals surface area contributed by atoms with Crippen LogP contribution in [-0.4, -0.2) is 30.5 Å². The van der Waals surface area contributed by atoms with Crippen molar-refractivity contribution in [2.75, 3.05) is 0 Å². The van der Waals surface area contributed by atoms with Crippen LogP contribution in [-0.2, 0) is 21.2 Å². The van der Waals surface area contributed by atoms with Crippen LogP contribution in [0.4, 0.5) is 5.69 Å². The Kier molecular flexibility index (Phi) is 6.19. The smallest absolute Gasteiger partial charge is 0.322 e. The number of non-ortho nitro benzene ring substituents is 1. The van der Waals surface area contributed by atoms with Crippen LogP contribution in [0, 0.1) is 10.1 Å². The summed E-state index contributed by atoms with van der Waals surface area (Å²) in [6.45, 7) is 0. The molecule has 138 valence electrons. The summed E-state index contributed by atoms with van der Waals surface area (Å²) in [5.41, 5.74) is 0.147. The van der Waals surface area contributed by atoms with Gasteiger partial charge in [0.25, 0.3) is 5.69 Å². The Labute approximate surface area is 158 Å². The van der Waals surface area contributed by atoms with Crippen molar-refractivity contribution in [3.05, 3.63) is 68.2 Å². The molecule has 0 spiro atoms. The largest absolute Gasteiger partial charge is 0.480 e. The van der Waals surface area contributed by atoms with Crippen LogP contribution < -0.4 is 4.72 Å². The summed E-state index contributed by atoms with van der Waals surface area (Å²) >= 11 is 11.7. The second-order valence-electron chi connectivity index (χ2n) is 5.24. The minimum absolute atomic E-state index is 0.193. The van der Waals surface area contributed by atoms with E-state index >= 15 is 0 Å². The summed E-state index contributed by atoms with van der Waals surface area (Å²) in [4.78, 5) is 21.1. The number of nitro groups is 1. The molecule has 2 aromatic rings. The van der Waals surface area contributed by atoms with Crippen molar-refractivity contribution >= 4 is 44.9 Å². The Hall–Kier alpha value is -2.20. The highest BCUT2D eigenvalue weighted by molar-refractivity contribution is 7.89. The van der Waals surface area contributed by atoms with Gasteiger partial charge in [0.15, 0.2) is 0 Å². The van der Waals surface area contributed by atoms with Crippen molar-refractivity contribution in [1.82, 2.24) is 4.72 Å². The van der Waals surface area contributed by atoms with Gasteiger partial charge >= 0.3 is 5.97 Å². The van der Waals surface area contributed by atoms with Gasteiger partial charge in [-0.15, -0.1) is 0 Å². The van der Waals surface area contributed by atoms with Crippen LogP contribution in [0.25, 0.3) is 0 Å². The molecule has 0 amide bonds. The molecule has 2 N–H and O–H groups in total. The van der Waals surface area contributed by atoms with Crippen LogP contribution >= 0.6 is 23.2 Å². The number of hydrogen-bond acceptors (Lipinski definition) is 5. The van der Waals surface area contributed by atoms with Crippen LogP contribution in [0.1, 0.15) is 5.56 Å². The third kappa shape index (κ3) is 5.15. The number of carboxylic acids is 1. The molecular formula is C15H12Cl2N2O6S. The second kappa shape index (κ2) is 8.00. The van der Waals surface area contributed by atoms with Gasteiger partial charge in [-0.2, -0.15) is 4.72 Å². The molecule has 26 heavy (non-hydrogen) atoms. The van der Waals surface area contributed by atoms with Crippen LogP contribution in [0.5, 0.6) is 0 Å². The minimum atomic E-state index is -4.21. The number of benzene rings is 2. The topological polar surface area (TPSA) is 127 Å². The van der Waals surface area contributed by atoms with Gasteiger partial charge in [-0.25, -0.2) is 8.42 Å². The Morgan fingerprint density at radius 1 is 1.15 bits per heavy atom. The van der Waals surface area contributed by atoms with Crippen molar-refractivity contribution < 1.29 is 23.2 Å². The number of rotatable bonds is 7.